The Balaban J connectivity index is 2.08. The molecule has 2 heterocycles. The van der Waals surface area contributed by atoms with E-state index in [0.29, 0.717) is 26.2 Å². The minimum absolute atomic E-state index is 0.0154. The van der Waals surface area contributed by atoms with Crippen molar-refractivity contribution in [1.82, 2.24) is 8.61 Å². The standard InChI is InChI=1S/C11H22N2O3S/c1-10-8-13(9-11(2)16-10)17(14,15)12-6-4-3-5-7-12/h10-11H,3-9H2,1-2H3/t10-,11-/m0/s1. The van der Waals surface area contributed by atoms with E-state index >= 15 is 0 Å². The molecule has 0 aliphatic carbocycles. The van der Waals surface area contributed by atoms with Gasteiger partial charge in [0.25, 0.3) is 10.2 Å². The number of piperidine rings is 1. The molecule has 0 radical (unpaired) electrons. The number of rotatable bonds is 2. The Morgan fingerprint density at radius 2 is 1.47 bits per heavy atom. The van der Waals surface area contributed by atoms with E-state index in [0.717, 1.165) is 19.3 Å². The molecular formula is C11H22N2O3S. The van der Waals surface area contributed by atoms with Gasteiger partial charge >= 0.3 is 0 Å². The lowest BCUT2D eigenvalue weighted by Gasteiger charge is -2.38. The number of morpholine rings is 1. The highest BCUT2D eigenvalue weighted by molar-refractivity contribution is 7.86. The number of ether oxygens (including phenoxy) is 1. The first kappa shape index (κ1) is 13.3. The zero-order valence-corrected chi connectivity index (χ0v) is 11.4. The predicted octanol–water partition coefficient (Wildman–Crippen LogP) is 0.826. The molecule has 2 rings (SSSR count). The van der Waals surface area contributed by atoms with E-state index in [1.54, 1.807) is 8.61 Å². The van der Waals surface area contributed by atoms with Crippen LogP contribution in [0.15, 0.2) is 0 Å². The van der Waals surface area contributed by atoms with Crippen molar-refractivity contribution in [3.05, 3.63) is 0 Å². The summed E-state index contributed by atoms with van der Waals surface area (Å²) < 4.78 is 33.6. The number of hydrogen-bond acceptors (Lipinski definition) is 3. The first-order chi connectivity index (χ1) is 8.00. The first-order valence-electron chi connectivity index (χ1n) is 6.41. The topological polar surface area (TPSA) is 49.9 Å². The first-order valence-corrected chi connectivity index (χ1v) is 7.80. The van der Waals surface area contributed by atoms with Gasteiger partial charge in [0.15, 0.2) is 0 Å². The second-order valence-corrected chi connectivity index (χ2v) is 6.97. The van der Waals surface area contributed by atoms with Crippen LogP contribution >= 0.6 is 0 Å². The Morgan fingerprint density at radius 3 is 2.00 bits per heavy atom. The van der Waals surface area contributed by atoms with Gasteiger partial charge in [-0.05, 0) is 26.7 Å². The Hall–Kier alpha value is -0.170. The van der Waals surface area contributed by atoms with Gasteiger partial charge in [0.1, 0.15) is 0 Å². The molecule has 17 heavy (non-hydrogen) atoms. The van der Waals surface area contributed by atoms with E-state index in [2.05, 4.69) is 0 Å². The maximum atomic E-state index is 12.4. The fourth-order valence-corrected chi connectivity index (χ4v) is 4.42. The van der Waals surface area contributed by atoms with Crippen molar-refractivity contribution in [2.45, 2.75) is 45.3 Å². The predicted molar refractivity (Wildman–Crippen MR) is 65.9 cm³/mol. The molecule has 5 nitrogen and oxygen atoms in total. The largest absolute Gasteiger partial charge is 0.373 e. The van der Waals surface area contributed by atoms with Gasteiger partial charge in [0, 0.05) is 26.2 Å². The van der Waals surface area contributed by atoms with Gasteiger partial charge in [0.2, 0.25) is 0 Å². The van der Waals surface area contributed by atoms with Gasteiger partial charge in [-0.2, -0.15) is 17.0 Å². The quantitative estimate of drug-likeness (QED) is 0.740. The lowest BCUT2D eigenvalue weighted by molar-refractivity contribution is -0.0455. The van der Waals surface area contributed by atoms with E-state index in [1.165, 1.54) is 0 Å². The van der Waals surface area contributed by atoms with Gasteiger partial charge in [-0.15, -0.1) is 0 Å². The second kappa shape index (κ2) is 5.22. The molecule has 6 heteroatoms. The number of nitrogens with zero attached hydrogens (tertiary/aromatic N) is 2. The van der Waals surface area contributed by atoms with Crippen molar-refractivity contribution in [3.8, 4) is 0 Å². The highest BCUT2D eigenvalue weighted by atomic mass is 32.2. The van der Waals surface area contributed by atoms with E-state index < -0.39 is 10.2 Å². The summed E-state index contributed by atoms with van der Waals surface area (Å²) in [6, 6.07) is 0. The van der Waals surface area contributed by atoms with E-state index in [1.807, 2.05) is 13.8 Å². The number of hydrogen-bond donors (Lipinski definition) is 0. The lowest BCUT2D eigenvalue weighted by atomic mass is 10.2. The molecule has 2 aliphatic heterocycles. The van der Waals surface area contributed by atoms with Crippen molar-refractivity contribution in [2.24, 2.45) is 0 Å². The molecule has 0 amide bonds. The van der Waals surface area contributed by atoms with Crippen molar-refractivity contribution in [1.29, 1.82) is 0 Å². The van der Waals surface area contributed by atoms with Crippen LogP contribution in [0.1, 0.15) is 33.1 Å². The molecule has 0 unspecified atom stereocenters. The molecule has 0 aromatic rings. The molecule has 2 atom stereocenters. The van der Waals surface area contributed by atoms with Gasteiger partial charge in [0.05, 0.1) is 12.2 Å². The molecule has 0 saturated carbocycles. The minimum Gasteiger partial charge on any atom is -0.373 e. The van der Waals surface area contributed by atoms with Crippen LogP contribution in [0.2, 0.25) is 0 Å². The minimum atomic E-state index is -3.26. The van der Waals surface area contributed by atoms with Gasteiger partial charge in [-0.1, -0.05) is 6.42 Å². The summed E-state index contributed by atoms with van der Waals surface area (Å²) in [5.41, 5.74) is 0. The lowest BCUT2D eigenvalue weighted by Crippen LogP contribution is -2.53. The summed E-state index contributed by atoms with van der Waals surface area (Å²) in [5.74, 6) is 0. The summed E-state index contributed by atoms with van der Waals surface area (Å²) in [6.07, 6.45) is 3.07. The molecule has 0 aromatic heterocycles. The van der Waals surface area contributed by atoms with E-state index in [9.17, 15) is 8.42 Å². The molecule has 0 spiro atoms. The van der Waals surface area contributed by atoms with Crippen LogP contribution in [-0.2, 0) is 14.9 Å². The SMILES string of the molecule is C[C@H]1CN(S(=O)(=O)N2CCCCC2)C[C@H](C)O1. The van der Waals surface area contributed by atoms with Gasteiger partial charge in [-0.3, -0.25) is 0 Å². The van der Waals surface area contributed by atoms with Crippen LogP contribution < -0.4 is 0 Å². The molecule has 2 saturated heterocycles. The second-order valence-electron chi connectivity index (χ2n) is 5.04. The highest BCUT2D eigenvalue weighted by Crippen LogP contribution is 2.20. The van der Waals surface area contributed by atoms with Gasteiger partial charge in [-0.25, -0.2) is 0 Å². The maximum Gasteiger partial charge on any atom is 0.282 e. The third kappa shape index (κ3) is 2.99. The third-order valence-corrected chi connectivity index (χ3v) is 5.32. The Morgan fingerprint density at radius 1 is 0.941 bits per heavy atom. The molecular weight excluding hydrogens is 240 g/mol. The molecule has 100 valence electrons. The normalized spacial score (nSPS) is 33.8. The van der Waals surface area contributed by atoms with Crippen LogP contribution in [-0.4, -0.2) is 55.4 Å². The zero-order chi connectivity index (χ0) is 12.5. The molecule has 2 fully saturated rings. The summed E-state index contributed by atoms with van der Waals surface area (Å²) in [4.78, 5) is 0. The highest BCUT2D eigenvalue weighted by Gasteiger charge is 2.35. The summed E-state index contributed by atoms with van der Waals surface area (Å²) in [5, 5.41) is 0. The maximum absolute atomic E-state index is 12.4. The Bertz CT molecular complexity index is 342. The fraction of sp³-hybridized carbons (Fsp3) is 1.00. The van der Waals surface area contributed by atoms with Gasteiger partial charge < -0.3 is 4.74 Å². The van der Waals surface area contributed by atoms with Crippen molar-refractivity contribution < 1.29 is 13.2 Å². The van der Waals surface area contributed by atoms with Crippen molar-refractivity contribution in [2.75, 3.05) is 26.2 Å². The summed E-state index contributed by atoms with van der Waals surface area (Å²) >= 11 is 0. The van der Waals surface area contributed by atoms with Crippen LogP contribution in [0.4, 0.5) is 0 Å². The Kier molecular flexibility index (Phi) is 4.07. The average Bonchev–Trinajstić information content (AvgIpc) is 2.29. The van der Waals surface area contributed by atoms with Crippen LogP contribution in [0.3, 0.4) is 0 Å². The Labute approximate surface area is 104 Å². The van der Waals surface area contributed by atoms with Crippen LogP contribution in [0.5, 0.6) is 0 Å². The zero-order valence-electron chi connectivity index (χ0n) is 10.6. The smallest absolute Gasteiger partial charge is 0.282 e. The van der Waals surface area contributed by atoms with Crippen molar-refractivity contribution in [3.63, 3.8) is 0 Å². The summed E-state index contributed by atoms with van der Waals surface area (Å²) in [7, 11) is -3.26. The van der Waals surface area contributed by atoms with Crippen molar-refractivity contribution >= 4 is 10.2 Å². The van der Waals surface area contributed by atoms with E-state index in [4.69, 9.17) is 4.74 Å². The molecule has 0 aromatic carbocycles. The third-order valence-electron chi connectivity index (χ3n) is 3.35. The molecule has 2 aliphatic rings. The molecule has 0 bridgehead atoms. The average molecular weight is 262 g/mol. The summed E-state index contributed by atoms with van der Waals surface area (Å²) in [6.45, 7) is 6.14. The molecule has 0 N–H and O–H groups in total. The monoisotopic (exact) mass is 262 g/mol. The van der Waals surface area contributed by atoms with E-state index in [-0.39, 0.29) is 12.2 Å². The van der Waals surface area contributed by atoms with Crippen LogP contribution in [0.25, 0.3) is 0 Å². The fourth-order valence-electron chi connectivity index (χ4n) is 2.58. The van der Waals surface area contributed by atoms with Crippen LogP contribution in [0, 0.1) is 0 Å².